The Kier molecular flexibility index (Phi) is 3.06. The molecule has 0 unspecified atom stereocenters. The van der Waals surface area contributed by atoms with E-state index in [9.17, 15) is 9.59 Å². The number of pyridine rings is 1. The lowest BCUT2D eigenvalue weighted by Gasteiger charge is -2.10. The van der Waals surface area contributed by atoms with Crippen LogP contribution < -0.4 is 16.0 Å². The van der Waals surface area contributed by atoms with E-state index in [-0.39, 0.29) is 11.3 Å². The second kappa shape index (κ2) is 4.52. The highest BCUT2D eigenvalue weighted by atomic mass is 16.5. The van der Waals surface area contributed by atoms with Crippen molar-refractivity contribution in [2.45, 2.75) is 13.5 Å². The van der Waals surface area contributed by atoms with Gasteiger partial charge >= 0.3 is 0 Å². The molecular formula is C13H14N2O3. The average Bonchev–Trinajstić information content (AvgIpc) is 2.37. The minimum atomic E-state index is -0.612. The molecule has 0 saturated heterocycles. The summed E-state index contributed by atoms with van der Waals surface area (Å²) in [4.78, 5) is 23.6. The molecule has 1 aromatic carbocycles. The molecule has 0 aliphatic carbocycles. The third kappa shape index (κ3) is 1.84. The van der Waals surface area contributed by atoms with Crippen LogP contribution in [0.15, 0.2) is 29.1 Å². The van der Waals surface area contributed by atoms with Gasteiger partial charge < -0.3 is 15.0 Å². The summed E-state index contributed by atoms with van der Waals surface area (Å²) in [6.07, 6.45) is 0. The zero-order valence-electron chi connectivity index (χ0n) is 10.3. The molecule has 2 aromatic rings. The van der Waals surface area contributed by atoms with Gasteiger partial charge in [0.15, 0.2) is 0 Å². The van der Waals surface area contributed by atoms with Crippen LogP contribution in [0.2, 0.25) is 0 Å². The topological polar surface area (TPSA) is 74.3 Å². The minimum absolute atomic E-state index is 0.211. The fourth-order valence-corrected chi connectivity index (χ4v) is 1.98. The predicted molar refractivity (Wildman–Crippen MR) is 69.0 cm³/mol. The molecule has 0 aliphatic heterocycles. The number of nitrogens with zero attached hydrogens (tertiary/aromatic N) is 1. The fraction of sp³-hybridized carbons (Fsp3) is 0.231. The lowest BCUT2D eigenvalue weighted by molar-refractivity contribution is 0.0990. The van der Waals surface area contributed by atoms with Crippen LogP contribution in [-0.4, -0.2) is 17.6 Å². The molecule has 0 spiro atoms. The Morgan fingerprint density at radius 1 is 1.39 bits per heavy atom. The van der Waals surface area contributed by atoms with Crippen LogP contribution >= 0.6 is 0 Å². The number of hydrogen-bond donors (Lipinski definition) is 1. The highest BCUT2D eigenvalue weighted by Gasteiger charge is 2.12. The Morgan fingerprint density at radius 3 is 2.67 bits per heavy atom. The van der Waals surface area contributed by atoms with E-state index in [0.29, 0.717) is 23.1 Å². The van der Waals surface area contributed by atoms with Crippen LogP contribution in [0.25, 0.3) is 10.8 Å². The molecule has 1 heterocycles. The van der Waals surface area contributed by atoms with Gasteiger partial charge in [-0.15, -0.1) is 0 Å². The van der Waals surface area contributed by atoms with Crippen molar-refractivity contribution in [2.75, 3.05) is 7.11 Å². The van der Waals surface area contributed by atoms with E-state index in [0.717, 1.165) is 0 Å². The van der Waals surface area contributed by atoms with E-state index in [4.69, 9.17) is 10.5 Å². The molecule has 0 bridgehead atoms. The monoisotopic (exact) mass is 246 g/mol. The van der Waals surface area contributed by atoms with Crippen molar-refractivity contribution < 1.29 is 9.53 Å². The summed E-state index contributed by atoms with van der Waals surface area (Å²) in [6.45, 7) is 2.20. The molecule has 5 heteroatoms. The summed E-state index contributed by atoms with van der Waals surface area (Å²) >= 11 is 0. The molecule has 2 N–H and O–H groups in total. The number of hydrogen-bond acceptors (Lipinski definition) is 3. The van der Waals surface area contributed by atoms with Crippen molar-refractivity contribution in [3.8, 4) is 5.75 Å². The van der Waals surface area contributed by atoms with Crippen LogP contribution in [0.1, 0.15) is 17.4 Å². The number of nitrogens with two attached hydrogens (primary N) is 1. The zero-order chi connectivity index (χ0) is 13.3. The first-order valence-electron chi connectivity index (χ1n) is 5.60. The number of aromatic nitrogens is 1. The Bertz CT molecular complexity index is 674. The van der Waals surface area contributed by atoms with Gasteiger partial charge in [0.05, 0.1) is 7.11 Å². The van der Waals surface area contributed by atoms with E-state index >= 15 is 0 Å². The second-order valence-corrected chi connectivity index (χ2v) is 3.90. The Morgan fingerprint density at radius 2 is 2.11 bits per heavy atom. The molecule has 2 rings (SSSR count). The van der Waals surface area contributed by atoms with E-state index in [1.54, 1.807) is 38.3 Å². The van der Waals surface area contributed by atoms with Gasteiger partial charge in [-0.05, 0) is 36.6 Å². The smallest absolute Gasteiger partial charge is 0.265 e. The Hall–Kier alpha value is -2.30. The predicted octanol–water partition coefficient (Wildman–Crippen LogP) is 1.13. The molecule has 1 aromatic heterocycles. The largest absolute Gasteiger partial charge is 0.497 e. The van der Waals surface area contributed by atoms with Gasteiger partial charge in [0.1, 0.15) is 11.4 Å². The molecule has 94 valence electrons. The quantitative estimate of drug-likeness (QED) is 0.882. The Labute approximate surface area is 104 Å². The van der Waals surface area contributed by atoms with E-state index in [1.165, 1.54) is 4.57 Å². The highest BCUT2D eigenvalue weighted by molar-refractivity contribution is 5.96. The number of carbonyl (C=O) groups excluding carboxylic acids is 1. The summed E-state index contributed by atoms with van der Waals surface area (Å²) in [5.74, 6) is 0.0187. The summed E-state index contributed by atoms with van der Waals surface area (Å²) in [6, 6.07) is 6.73. The molecule has 18 heavy (non-hydrogen) atoms. The van der Waals surface area contributed by atoms with Gasteiger partial charge in [-0.25, -0.2) is 0 Å². The van der Waals surface area contributed by atoms with Crippen molar-refractivity contribution in [1.82, 2.24) is 4.57 Å². The van der Waals surface area contributed by atoms with Crippen molar-refractivity contribution >= 4 is 16.7 Å². The van der Waals surface area contributed by atoms with Gasteiger partial charge in [-0.3, -0.25) is 9.59 Å². The maximum absolute atomic E-state index is 12.2. The van der Waals surface area contributed by atoms with Crippen LogP contribution in [-0.2, 0) is 6.54 Å². The van der Waals surface area contributed by atoms with Gasteiger partial charge in [-0.2, -0.15) is 0 Å². The molecule has 0 aliphatic rings. The maximum atomic E-state index is 12.2. The fourth-order valence-electron chi connectivity index (χ4n) is 1.98. The summed E-state index contributed by atoms with van der Waals surface area (Å²) in [5.41, 5.74) is 5.29. The van der Waals surface area contributed by atoms with Crippen LogP contribution in [0.3, 0.4) is 0 Å². The van der Waals surface area contributed by atoms with Crippen LogP contribution in [0, 0.1) is 0 Å². The maximum Gasteiger partial charge on any atom is 0.265 e. The van der Waals surface area contributed by atoms with Gasteiger partial charge in [0, 0.05) is 11.9 Å². The van der Waals surface area contributed by atoms with Crippen molar-refractivity contribution in [3.05, 3.63) is 40.3 Å². The first-order chi connectivity index (χ1) is 8.58. The minimum Gasteiger partial charge on any atom is -0.497 e. The molecule has 0 saturated carbocycles. The Balaban J connectivity index is 2.86. The van der Waals surface area contributed by atoms with Gasteiger partial charge in [0.2, 0.25) is 0 Å². The summed E-state index contributed by atoms with van der Waals surface area (Å²) in [7, 11) is 1.55. The van der Waals surface area contributed by atoms with Crippen molar-refractivity contribution in [3.63, 3.8) is 0 Å². The molecule has 0 radical (unpaired) electrons. The van der Waals surface area contributed by atoms with E-state index in [1.807, 2.05) is 0 Å². The first kappa shape index (κ1) is 12.2. The molecule has 0 fully saturated rings. The van der Waals surface area contributed by atoms with Crippen molar-refractivity contribution in [2.24, 2.45) is 5.73 Å². The highest BCUT2D eigenvalue weighted by Crippen LogP contribution is 2.19. The number of rotatable bonds is 3. The number of amides is 1. The zero-order valence-corrected chi connectivity index (χ0v) is 10.3. The lowest BCUT2D eigenvalue weighted by atomic mass is 10.1. The van der Waals surface area contributed by atoms with Crippen molar-refractivity contribution in [1.29, 1.82) is 0 Å². The van der Waals surface area contributed by atoms with E-state index in [2.05, 4.69) is 0 Å². The standard InChI is InChI=1S/C13H14N2O3/c1-3-15-11(12(14)16)7-8-6-9(18-2)4-5-10(8)13(15)17/h4-7H,3H2,1-2H3,(H2,14,16). The number of ether oxygens (including phenoxy) is 1. The molecule has 5 nitrogen and oxygen atoms in total. The number of methoxy groups -OCH3 is 1. The third-order valence-electron chi connectivity index (χ3n) is 2.89. The number of carbonyl (C=O) groups is 1. The molecule has 0 atom stereocenters. The first-order valence-corrected chi connectivity index (χ1v) is 5.60. The molecular weight excluding hydrogens is 232 g/mol. The van der Waals surface area contributed by atoms with E-state index < -0.39 is 5.91 Å². The summed E-state index contributed by atoms with van der Waals surface area (Å²) < 4.78 is 6.47. The third-order valence-corrected chi connectivity index (χ3v) is 2.89. The van der Waals surface area contributed by atoms with Gasteiger partial charge in [0.25, 0.3) is 11.5 Å². The normalized spacial score (nSPS) is 10.6. The number of fused-ring (bicyclic) bond motifs is 1. The number of primary amides is 1. The van der Waals surface area contributed by atoms with Crippen LogP contribution in [0.5, 0.6) is 5.75 Å². The summed E-state index contributed by atoms with van der Waals surface area (Å²) in [5, 5.41) is 1.19. The second-order valence-electron chi connectivity index (χ2n) is 3.90. The average molecular weight is 246 g/mol. The van der Waals surface area contributed by atoms with Crippen LogP contribution in [0.4, 0.5) is 0 Å². The number of benzene rings is 1. The lowest BCUT2D eigenvalue weighted by Crippen LogP contribution is -2.28. The molecule has 1 amide bonds. The SMILES string of the molecule is CCn1c(C(N)=O)cc2cc(OC)ccc2c1=O. The van der Waals surface area contributed by atoms with Gasteiger partial charge in [-0.1, -0.05) is 0 Å².